The van der Waals surface area contributed by atoms with Crippen LogP contribution < -0.4 is 10.6 Å². The molecular formula is C16H15IN2O2S. The fourth-order valence-electron chi connectivity index (χ4n) is 1.86. The third kappa shape index (κ3) is 4.17. The van der Waals surface area contributed by atoms with Crippen LogP contribution >= 0.6 is 34.8 Å². The Bertz CT molecular complexity index is 747. The SMILES string of the molecule is Cc1cc(O)c(NC(=S)NC(=O)c2cccc(I)c2)cc1C. The van der Waals surface area contributed by atoms with E-state index in [-0.39, 0.29) is 16.8 Å². The number of phenols is 1. The van der Waals surface area contributed by atoms with Crippen LogP contribution in [0.25, 0.3) is 0 Å². The monoisotopic (exact) mass is 426 g/mol. The van der Waals surface area contributed by atoms with Crippen LogP contribution in [-0.4, -0.2) is 16.1 Å². The number of hydrogen-bond acceptors (Lipinski definition) is 3. The molecule has 0 saturated heterocycles. The van der Waals surface area contributed by atoms with Gasteiger partial charge in [0.05, 0.1) is 5.69 Å². The molecule has 22 heavy (non-hydrogen) atoms. The lowest BCUT2D eigenvalue weighted by molar-refractivity contribution is 0.0977. The van der Waals surface area contributed by atoms with Crippen molar-refractivity contribution >= 4 is 51.5 Å². The number of phenolic OH excluding ortho intramolecular Hbond substituents is 1. The summed E-state index contributed by atoms with van der Waals surface area (Å²) in [7, 11) is 0. The lowest BCUT2D eigenvalue weighted by Gasteiger charge is -2.13. The van der Waals surface area contributed by atoms with Gasteiger partial charge >= 0.3 is 0 Å². The summed E-state index contributed by atoms with van der Waals surface area (Å²) in [5.74, 6) is -0.201. The average molecular weight is 426 g/mol. The number of amides is 1. The summed E-state index contributed by atoms with van der Waals surface area (Å²) >= 11 is 7.27. The zero-order valence-electron chi connectivity index (χ0n) is 12.1. The fourth-order valence-corrected chi connectivity index (χ4v) is 2.61. The molecule has 0 fully saturated rings. The zero-order valence-corrected chi connectivity index (χ0v) is 15.1. The highest BCUT2D eigenvalue weighted by atomic mass is 127. The quantitative estimate of drug-likeness (QED) is 0.389. The summed E-state index contributed by atoms with van der Waals surface area (Å²) in [6.45, 7) is 3.85. The molecular weight excluding hydrogens is 411 g/mol. The topological polar surface area (TPSA) is 61.4 Å². The van der Waals surface area contributed by atoms with Gasteiger partial charge in [-0.1, -0.05) is 6.07 Å². The molecule has 2 aromatic carbocycles. The number of aryl methyl sites for hydroxylation is 2. The first-order valence-corrected chi connectivity index (χ1v) is 8.03. The van der Waals surface area contributed by atoms with Crippen molar-refractivity contribution in [3.05, 3.63) is 56.7 Å². The van der Waals surface area contributed by atoms with Gasteiger partial charge in [0, 0.05) is 9.13 Å². The van der Waals surface area contributed by atoms with Crippen molar-refractivity contribution in [3.63, 3.8) is 0 Å². The Hall–Kier alpha value is -1.67. The number of nitrogens with one attached hydrogen (secondary N) is 2. The van der Waals surface area contributed by atoms with Gasteiger partial charge in [-0.15, -0.1) is 0 Å². The van der Waals surface area contributed by atoms with Crippen molar-refractivity contribution in [1.82, 2.24) is 5.32 Å². The van der Waals surface area contributed by atoms with E-state index >= 15 is 0 Å². The number of benzene rings is 2. The Kier molecular flexibility index (Phi) is 5.36. The second kappa shape index (κ2) is 7.06. The number of carbonyl (C=O) groups is 1. The van der Waals surface area contributed by atoms with E-state index in [1.54, 1.807) is 24.3 Å². The van der Waals surface area contributed by atoms with E-state index in [0.29, 0.717) is 11.3 Å². The molecule has 2 rings (SSSR count). The smallest absolute Gasteiger partial charge is 0.257 e. The Morgan fingerprint density at radius 3 is 2.55 bits per heavy atom. The van der Waals surface area contributed by atoms with Gasteiger partial charge in [-0.3, -0.25) is 10.1 Å². The average Bonchev–Trinajstić information content (AvgIpc) is 2.44. The minimum atomic E-state index is -0.292. The van der Waals surface area contributed by atoms with E-state index in [4.69, 9.17) is 12.2 Å². The minimum Gasteiger partial charge on any atom is -0.506 e. The van der Waals surface area contributed by atoms with Gasteiger partial charge in [-0.25, -0.2) is 0 Å². The van der Waals surface area contributed by atoms with E-state index in [1.165, 1.54) is 0 Å². The Morgan fingerprint density at radius 1 is 1.18 bits per heavy atom. The van der Waals surface area contributed by atoms with Gasteiger partial charge in [0.25, 0.3) is 5.91 Å². The van der Waals surface area contributed by atoms with Crippen molar-refractivity contribution in [3.8, 4) is 5.75 Å². The maximum atomic E-state index is 12.1. The van der Waals surface area contributed by atoms with Gasteiger partial charge in [-0.05, 0) is 90.1 Å². The molecule has 4 nitrogen and oxygen atoms in total. The predicted molar refractivity (Wildman–Crippen MR) is 100 cm³/mol. The molecule has 1 amide bonds. The minimum absolute atomic E-state index is 0.0916. The van der Waals surface area contributed by atoms with Crippen LogP contribution in [0.5, 0.6) is 5.75 Å². The lowest BCUT2D eigenvalue weighted by Crippen LogP contribution is -2.34. The van der Waals surface area contributed by atoms with E-state index < -0.39 is 0 Å². The molecule has 0 aliphatic heterocycles. The molecule has 114 valence electrons. The maximum absolute atomic E-state index is 12.1. The van der Waals surface area contributed by atoms with E-state index in [9.17, 15) is 9.90 Å². The molecule has 3 N–H and O–H groups in total. The van der Waals surface area contributed by atoms with Crippen LogP contribution in [0.3, 0.4) is 0 Å². The maximum Gasteiger partial charge on any atom is 0.257 e. The normalized spacial score (nSPS) is 10.1. The Balaban J connectivity index is 2.07. The number of thiocarbonyl (C=S) groups is 1. The van der Waals surface area contributed by atoms with Gasteiger partial charge in [0.2, 0.25) is 0 Å². The van der Waals surface area contributed by atoms with Crippen molar-refractivity contribution < 1.29 is 9.90 Å². The van der Waals surface area contributed by atoms with Gasteiger partial charge < -0.3 is 10.4 Å². The first kappa shape index (κ1) is 16.7. The largest absolute Gasteiger partial charge is 0.506 e. The zero-order chi connectivity index (χ0) is 16.3. The van der Waals surface area contributed by atoms with Gasteiger partial charge in [0.1, 0.15) is 5.75 Å². The van der Waals surface area contributed by atoms with Crippen molar-refractivity contribution in [2.24, 2.45) is 0 Å². The molecule has 0 bridgehead atoms. The van der Waals surface area contributed by atoms with Crippen LogP contribution in [0, 0.1) is 17.4 Å². The highest BCUT2D eigenvalue weighted by Crippen LogP contribution is 2.26. The molecule has 0 spiro atoms. The van der Waals surface area contributed by atoms with Crippen LogP contribution in [-0.2, 0) is 0 Å². The highest BCUT2D eigenvalue weighted by Gasteiger charge is 2.10. The third-order valence-electron chi connectivity index (χ3n) is 3.17. The first-order chi connectivity index (χ1) is 10.4. The number of rotatable bonds is 2. The molecule has 6 heteroatoms. The first-order valence-electron chi connectivity index (χ1n) is 6.55. The number of hydrogen-bond donors (Lipinski definition) is 3. The van der Waals surface area contributed by atoms with Crippen LogP contribution in [0.2, 0.25) is 0 Å². The summed E-state index contributed by atoms with van der Waals surface area (Å²) in [5, 5.41) is 15.5. The molecule has 0 aliphatic carbocycles. The van der Waals surface area contributed by atoms with Gasteiger partial charge in [0.15, 0.2) is 5.11 Å². The Labute approximate surface area is 148 Å². The van der Waals surface area contributed by atoms with Gasteiger partial charge in [-0.2, -0.15) is 0 Å². The van der Waals surface area contributed by atoms with E-state index in [0.717, 1.165) is 14.7 Å². The molecule has 0 heterocycles. The number of halogens is 1. The Morgan fingerprint density at radius 2 is 1.86 bits per heavy atom. The standard InChI is InChI=1S/C16H15IN2O2S/c1-9-6-13(14(20)7-10(9)2)18-16(22)19-15(21)11-4-3-5-12(17)8-11/h3-8,20H,1-2H3,(H2,18,19,21,22). The molecule has 0 saturated carbocycles. The molecule has 2 aromatic rings. The van der Waals surface area contributed by atoms with E-state index in [1.807, 2.05) is 26.0 Å². The predicted octanol–water partition coefficient (Wildman–Crippen LogP) is 3.74. The number of anilines is 1. The summed E-state index contributed by atoms with van der Waals surface area (Å²) in [4.78, 5) is 12.1. The number of carbonyl (C=O) groups excluding carboxylic acids is 1. The molecule has 0 unspecified atom stereocenters. The second-order valence-electron chi connectivity index (χ2n) is 4.87. The summed E-state index contributed by atoms with van der Waals surface area (Å²) < 4.78 is 0.968. The summed E-state index contributed by atoms with van der Waals surface area (Å²) in [6, 6.07) is 10.6. The second-order valence-corrected chi connectivity index (χ2v) is 6.53. The number of aromatic hydroxyl groups is 1. The summed E-state index contributed by atoms with van der Waals surface area (Å²) in [6.07, 6.45) is 0. The fraction of sp³-hybridized carbons (Fsp3) is 0.125. The van der Waals surface area contributed by atoms with Crippen molar-refractivity contribution in [1.29, 1.82) is 0 Å². The molecule has 0 aromatic heterocycles. The molecule has 0 aliphatic rings. The van der Waals surface area contributed by atoms with Crippen LogP contribution in [0.1, 0.15) is 21.5 Å². The summed E-state index contributed by atoms with van der Waals surface area (Å²) in [5.41, 5.74) is 3.00. The van der Waals surface area contributed by atoms with Crippen molar-refractivity contribution in [2.75, 3.05) is 5.32 Å². The lowest BCUT2D eigenvalue weighted by atomic mass is 10.1. The molecule has 0 atom stereocenters. The van der Waals surface area contributed by atoms with Crippen molar-refractivity contribution in [2.45, 2.75) is 13.8 Å². The molecule has 0 radical (unpaired) electrons. The van der Waals surface area contributed by atoms with Crippen LogP contribution in [0.4, 0.5) is 5.69 Å². The van der Waals surface area contributed by atoms with Crippen LogP contribution in [0.15, 0.2) is 36.4 Å². The third-order valence-corrected chi connectivity index (χ3v) is 4.05. The highest BCUT2D eigenvalue weighted by molar-refractivity contribution is 14.1. The van der Waals surface area contributed by atoms with E-state index in [2.05, 4.69) is 33.2 Å².